The van der Waals surface area contributed by atoms with Crippen LogP contribution in [0, 0.1) is 0 Å². The summed E-state index contributed by atoms with van der Waals surface area (Å²) in [7, 11) is 0. The second-order valence-corrected chi connectivity index (χ2v) is 6.91. The first-order chi connectivity index (χ1) is 12.5. The van der Waals surface area contributed by atoms with E-state index < -0.39 is 0 Å². The van der Waals surface area contributed by atoms with Gasteiger partial charge < -0.3 is 10.6 Å². The summed E-state index contributed by atoms with van der Waals surface area (Å²) in [6, 6.07) is 19.9. The van der Waals surface area contributed by atoms with E-state index in [9.17, 15) is 4.79 Å². The van der Waals surface area contributed by atoms with Crippen LogP contribution in [-0.2, 0) is 12.0 Å². The first kappa shape index (κ1) is 17.7. The van der Waals surface area contributed by atoms with Gasteiger partial charge in [0.2, 0.25) is 0 Å². The van der Waals surface area contributed by atoms with Crippen LogP contribution in [0.15, 0.2) is 73.1 Å². The molecule has 0 saturated carbocycles. The molecule has 3 aromatic rings. The van der Waals surface area contributed by atoms with Crippen LogP contribution in [0.2, 0.25) is 0 Å². The number of rotatable bonds is 6. The van der Waals surface area contributed by atoms with Gasteiger partial charge in [-0.1, -0.05) is 56.3 Å². The Morgan fingerprint density at radius 2 is 1.85 bits per heavy atom. The van der Waals surface area contributed by atoms with Gasteiger partial charge >= 0.3 is 6.03 Å². The van der Waals surface area contributed by atoms with E-state index in [0.717, 1.165) is 11.3 Å². The Balaban J connectivity index is 1.52. The van der Waals surface area contributed by atoms with Crippen molar-refractivity contribution in [1.29, 1.82) is 0 Å². The molecule has 2 amide bonds. The highest BCUT2D eigenvalue weighted by molar-refractivity contribution is 5.74. The van der Waals surface area contributed by atoms with Crippen molar-refractivity contribution < 1.29 is 4.79 Å². The third-order valence-corrected chi connectivity index (χ3v) is 4.38. The van der Waals surface area contributed by atoms with Crippen molar-refractivity contribution in [2.24, 2.45) is 0 Å². The van der Waals surface area contributed by atoms with Gasteiger partial charge in [0.1, 0.15) is 0 Å². The highest BCUT2D eigenvalue weighted by atomic mass is 16.2. The summed E-state index contributed by atoms with van der Waals surface area (Å²) in [6.45, 7) is 5.27. The zero-order valence-electron chi connectivity index (χ0n) is 15.1. The molecule has 1 heterocycles. The van der Waals surface area contributed by atoms with Gasteiger partial charge in [0.05, 0.1) is 5.69 Å². The van der Waals surface area contributed by atoms with Crippen LogP contribution in [0.25, 0.3) is 5.69 Å². The van der Waals surface area contributed by atoms with Crippen LogP contribution in [0.4, 0.5) is 4.79 Å². The Morgan fingerprint density at radius 1 is 1.04 bits per heavy atom. The van der Waals surface area contributed by atoms with E-state index in [2.05, 4.69) is 41.7 Å². The van der Waals surface area contributed by atoms with Crippen molar-refractivity contribution >= 4 is 6.03 Å². The number of aromatic nitrogens is 2. The van der Waals surface area contributed by atoms with E-state index in [0.29, 0.717) is 13.1 Å². The highest BCUT2D eigenvalue weighted by Crippen LogP contribution is 2.21. The quantitative estimate of drug-likeness (QED) is 0.714. The maximum atomic E-state index is 12.2. The molecule has 0 aliphatic carbocycles. The molecule has 1 aromatic heterocycles. The minimum atomic E-state index is -0.168. The molecule has 0 radical (unpaired) electrons. The second kappa shape index (κ2) is 7.87. The first-order valence-corrected chi connectivity index (χ1v) is 8.71. The monoisotopic (exact) mass is 348 g/mol. The fraction of sp³-hybridized carbons (Fsp3) is 0.238. The molecule has 0 unspecified atom stereocenters. The molecule has 0 aliphatic heterocycles. The number of hydrogen-bond acceptors (Lipinski definition) is 2. The zero-order valence-corrected chi connectivity index (χ0v) is 15.1. The van der Waals surface area contributed by atoms with Crippen molar-refractivity contribution in [3.63, 3.8) is 0 Å². The summed E-state index contributed by atoms with van der Waals surface area (Å²) in [5.41, 5.74) is 3.07. The maximum Gasteiger partial charge on any atom is 0.315 e. The summed E-state index contributed by atoms with van der Waals surface area (Å²) in [5.74, 6) is 0. The lowest BCUT2D eigenvalue weighted by Gasteiger charge is -2.25. The number of urea groups is 1. The number of amides is 2. The fourth-order valence-corrected chi connectivity index (χ4v) is 2.77. The predicted molar refractivity (Wildman–Crippen MR) is 103 cm³/mol. The average molecular weight is 348 g/mol. The van der Waals surface area contributed by atoms with E-state index in [4.69, 9.17) is 0 Å². The van der Waals surface area contributed by atoms with Crippen molar-refractivity contribution in [3.05, 3.63) is 84.2 Å². The Hall–Kier alpha value is -3.08. The molecule has 0 spiro atoms. The predicted octanol–water partition coefficient (Wildman–Crippen LogP) is 3.65. The number of nitrogens with zero attached hydrogens (tertiary/aromatic N) is 2. The van der Waals surface area contributed by atoms with Gasteiger partial charge in [-0.2, -0.15) is 5.10 Å². The maximum absolute atomic E-state index is 12.2. The van der Waals surface area contributed by atoms with E-state index in [-0.39, 0.29) is 11.4 Å². The van der Waals surface area contributed by atoms with Crippen LogP contribution >= 0.6 is 0 Å². The Labute approximate surface area is 154 Å². The van der Waals surface area contributed by atoms with Gasteiger partial charge in [0.15, 0.2) is 0 Å². The van der Waals surface area contributed by atoms with Crippen LogP contribution in [-0.4, -0.2) is 22.4 Å². The van der Waals surface area contributed by atoms with E-state index in [1.807, 2.05) is 54.7 Å². The molecule has 26 heavy (non-hydrogen) atoms. The molecule has 0 saturated heterocycles. The average Bonchev–Trinajstić information content (AvgIpc) is 3.21. The van der Waals surface area contributed by atoms with Gasteiger partial charge in [0.25, 0.3) is 0 Å². The molecule has 2 N–H and O–H groups in total. The van der Waals surface area contributed by atoms with Crippen LogP contribution in [0.3, 0.4) is 0 Å². The van der Waals surface area contributed by atoms with E-state index in [1.165, 1.54) is 5.56 Å². The second-order valence-electron chi connectivity index (χ2n) is 6.91. The van der Waals surface area contributed by atoms with Crippen molar-refractivity contribution in [3.8, 4) is 5.69 Å². The normalized spacial score (nSPS) is 11.2. The summed E-state index contributed by atoms with van der Waals surface area (Å²) in [4.78, 5) is 12.2. The summed E-state index contributed by atoms with van der Waals surface area (Å²) >= 11 is 0. The summed E-state index contributed by atoms with van der Waals surface area (Å²) in [6.07, 6.45) is 3.64. The molecule has 3 rings (SSSR count). The van der Waals surface area contributed by atoms with Gasteiger partial charge in [-0.3, -0.25) is 0 Å². The third kappa shape index (κ3) is 4.51. The number of carbonyl (C=O) groups excluding carboxylic acids is 1. The van der Waals surface area contributed by atoms with Gasteiger partial charge in [-0.15, -0.1) is 0 Å². The number of nitrogens with one attached hydrogen (secondary N) is 2. The number of hydrogen-bond donors (Lipinski definition) is 2. The molecule has 0 fully saturated rings. The van der Waals surface area contributed by atoms with E-state index in [1.54, 1.807) is 10.9 Å². The van der Waals surface area contributed by atoms with Gasteiger partial charge in [0, 0.05) is 30.9 Å². The zero-order chi connectivity index (χ0) is 18.4. The number of benzene rings is 2. The molecule has 2 aromatic carbocycles. The smallest absolute Gasteiger partial charge is 0.315 e. The summed E-state index contributed by atoms with van der Waals surface area (Å²) < 4.78 is 1.80. The van der Waals surface area contributed by atoms with Crippen molar-refractivity contribution in [1.82, 2.24) is 20.4 Å². The molecule has 0 bridgehead atoms. The number of carbonyl (C=O) groups is 1. The standard InChI is InChI=1S/C21H24N4O/c1-21(2,18-9-4-3-5-10-18)16-23-20(26)22-15-17-8-6-11-19(14-17)25-13-7-12-24-25/h3-14H,15-16H2,1-2H3,(H2,22,23,26). The minimum absolute atomic E-state index is 0.126. The SMILES string of the molecule is CC(C)(CNC(=O)NCc1cccc(-n2cccn2)c1)c1ccccc1. The molecule has 0 atom stereocenters. The van der Waals surface area contributed by atoms with Crippen molar-refractivity contribution in [2.45, 2.75) is 25.8 Å². The van der Waals surface area contributed by atoms with Gasteiger partial charge in [-0.25, -0.2) is 9.48 Å². The minimum Gasteiger partial charge on any atom is -0.337 e. The van der Waals surface area contributed by atoms with Gasteiger partial charge in [-0.05, 0) is 29.3 Å². The lowest BCUT2D eigenvalue weighted by molar-refractivity contribution is 0.238. The summed E-state index contributed by atoms with van der Waals surface area (Å²) in [5, 5.41) is 10.1. The van der Waals surface area contributed by atoms with E-state index >= 15 is 0 Å². The lowest BCUT2D eigenvalue weighted by atomic mass is 9.85. The molecular weight excluding hydrogens is 324 g/mol. The molecule has 134 valence electrons. The van der Waals surface area contributed by atoms with Crippen LogP contribution in [0.5, 0.6) is 0 Å². The largest absolute Gasteiger partial charge is 0.337 e. The molecule has 0 aliphatic rings. The Morgan fingerprint density at radius 3 is 2.58 bits per heavy atom. The fourth-order valence-electron chi connectivity index (χ4n) is 2.77. The third-order valence-electron chi connectivity index (χ3n) is 4.38. The Kier molecular flexibility index (Phi) is 5.37. The molecule has 5 nitrogen and oxygen atoms in total. The van der Waals surface area contributed by atoms with Crippen molar-refractivity contribution in [2.75, 3.05) is 6.54 Å². The molecule has 5 heteroatoms. The Bertz CT molecular complexity index is 841. The first-order valence-electron chi connectivity index (χ1n) is 8.71. The van der Waals surface area contributed by atoms with Crippen LogP contribution < -0.4 is 10.6 Å². The molecular formula is C21H24N4O. The van der Waals surface area contributed by atoms with Crippen LogP contribution in [0.1, 0.15) is 25.0 Å². The topological polar surface area (TPSA) is 59.0 Å². The lowest BCUT2D eigenvalue weighted by Crippen LogP contribution is -2.42. The highest BCUT2D eigenvalue weighted by Gasteiger charge is 2.20.